The summed E-state index contributed by atoms with van der Waals surface area (Å²) in [5.74, 6) is -1.79. The zero-order valence-electron chi connectivity index (χ0n) is 9.60. The number of rotatable bonds is 7. The Morgan fingerprint density at radius 2 is 2.24 bits per heavy atom. The number of aromatic nitrogens is 1. The maximum Gasteiger partial charge on any atom is 0.306 e. The second-order valence-corrected chi connectivity index (χ2v) is 4.04. The summed E-state index contributed by atoms with van der Waals surface area (Å²) in [5.41, 5.74) is 5.97. The van der Waals surface area contributed by atoms with Crippen molar-refractivity contribution in [1.29, 1.82) is 0 Å². The van der Waals surface area contributed by atoms with Crippen molar-refractivity contribution in [2.24, 2.45) is 11.7 Å². The van der Waals surface area contributed by atoms with Gasteiger partial charge in [0.15, 0.2) is 0 Å². The summed E-state index contributed by atoms with van der Waals surface area (Å²) in [5, 5.41) is 9.06. The predicted octanol–water partition coefficient (Wildman–Crippen LogP) is 1.59. The van der Waals surface area contributed by atoms with Crippen molar-refractivity contribution in [1.82, 2.24) is 4.98 Å². The molecule has 1 atom stereocenters. The lowest BCUT2D eigenvalue weighted by atomic mass is 9.95. The first-order valence-corrected chi connectivity index (χ1v) is 5.65. The topological polar surface area (TPSA) is 76.2 Å². The lowest BCUT2D eigenvalue weighted by molar-refractivity contribution is -0.142. The summed E-state index contributed by atoms with van der Waals surface area (Å²) in [7, 11) is 0. The first-order chi connectivity index (χ1) is 8.13. The number of carbonyl (C=O) groups is 1. The van der Waals surface area contributed by atoms with Crippen LogP contribution in [0.15, 0.2) is 18.5 Å². The Bertz CT molecular complexity index is 371. The predicted molar refractivity (Wildman–Crippen MR) is 61.9 cm³/mol. The Morgan fingerprint density at radius 3 is 2.82 bits per heavy atom. The molecule has 0 saturated heterocycles. The van der Waals surface area contributed by atoms with E-state index in [9.17, 15) is 9.18 Å². The van der Waals surface area contributed by atoms with Gasteiger partial charge in [0, 0.05) is 6.20 Å². The Labute approximate surface area is 99.7 Å². The standard InChI is InChI=1S/C12H17FN2O2/c13-11-6-9(7-15-8-11)5-10(12(16)17)3-1-2-4-14/h6-8,10H,1-5,14H2,(H,16,17). The van der Waals surface area contributed by atoms with Gasteiger partial charge in [-0.05, 0) is 37.4 Å². The van der Waals surface area contributed by atoms with Crippen LogP contribution in [-0.2, 0) is 11.2 Å². The minimum atomic E-state index is -0.855. The zero-order chi connectivity index (χ0) is 12.7. The van der Waals surface area contributed by atoms with Crippen LogP contribution in [0.5, 0.6) is 0 Å². The van der Waals surface area contributed by atoms with E-state index in [0.29, 0.717) is 24.9 Å². The number of nitrogens with two attached hydrogens (primary N) is 1. The summed E-state index contributed by atoms with van der Waals surface area (Å²) in [6, 6.07) is 1.33. The molecular weight excluding hydrogens is 223 g/mol. The first-order valence-electron chi connectivity index (χ1n) is 5.65. The van der Waals surface area contributed by atoms with Crippen molar-refractivity contribution in [3.05, 3.63) is 29.8 Å². The fourth-order valence-corrected chi connectivity index (χ4v) is 1.70. The molecule has 3 N–H and O–H groups in total. The molecule has 0 radical (unpaired) electrons. The van der Waals surface area contributed by atoms with E-state index in [4.69, 9.17) is 10.8 Å². The number of pyridine rings is 1. The van der Waals surface area contributed by atoms with Crippen molar-refractivity contribution in [3.8, 4) is 0 Å². The molecule has 1 aromatic rings. The fourth-order valence-electron chi connectivity index (χ4n) is 1.70. The van der Waals surface area contributed by atoms with Gasteiger partial charge in [0.05, 0.1) is 12.1 Å². The van der Waals surface area contributed by atoms with Crippen LogP contribution in [0.25, 0.3) is 0 Å². The van der Waals surface area contributed by atoms with E-state index >= 15 is 0 Å². The molecule has 94 valence electrons. The number of aliphatic carboxylic acids is 1. The summed E-state index contributed by atoms with van der Waals surface area (Å²) in [4.78, 5) is 14.7. The van der Waals surface area contributed by atoms with E-state index in [1.807, 2.05) is 0 Å². The highest BCUT2D eigenvalue weighted by atomic mass is 19.1. The molecule has 0 fully saturated rings. The van der Waals surface area contributed by atoms with Gasteiger partial charge in [0.25, 0.3) is 0 Å². The lowest BCUT2D eigenvalue weighted by Gasteiger charge is -2.11. The van der Waals surface area contributed by atoms with Gasteiger partial charge < -0.3 is 10.8 Å². The van der Waals surface area contributed by atoms with E-state index in [1.54, 1.807) is 0 Å². The van der Waals surface area contributed by atoms with Crippen molar-refractivity contribution in [2.75, 3.05) is 6.54 Å². The molecule has 0 aliphatic carbocycles. The molecule has 4 nitrogen and oxygen atoms in total. The van der Waals surface area contributed by atoms with Crippen LogP contribution in [0.1, 0.15) is 24.8 Å². The maximum atomic E-state index is 12.9. The minimum absolute atomic E-state index is 0.310. The van der Waals surface area contributed by atoms with Gasteiger partial charge in [-0.25, -0.2) is 4.39 Å². The Balaban J connectivity index is 2.57. The number of halogens is 1. The first kappa shape index (κ1) is 13.6. The van der Waals surface area contributed by atoms with Crippen molar-refractivity contribution >= 4 is 5.97 Å². The third kappa shape index (κ3) is 4.91. The normalized spacial score (nSPS) is 12.4. The van der Waals surface area contributed by atoms with E-state index in [0.717, 1.165) is 19.0 Å². The van der Waals surface area contributed by atoms with Gasteiger partial charge in [-0.15, -0.1) is 0 Å². The van der Waals surface area contributed by atoms with Crippen LogP contribution in [0.4, 0.5) is 4.39 Å². The molecule has 5 heteroatoms. The summed E-state index contributed by atoms with van der Waals surface area (Å²) in [6.45, 7) is 0.563. The Hall–Kier alpha value is -1.49. The second-order valence-electron chi connectivity index (χ2n) is 4.04. The van der Waals surface area contributed by atoms with Crippen LogP contribution in [-0.4, -0.2) is 22.6 Å². The molecule has 0 aliphatic heterocycles. The van der Waals surface area contributed by atoms with Gasteiger partial charge in [0.1, 0.15) is 5.82 Å². The van der Waals surface area contributed by atoms with Crippen molar-refractivity contribution in [3.63, 3.8) is 0 Å². The van der Waals surface area contributed by atoms with Gasteiger partial charge in [-0.3, -0.25) is 9.78 Å². The fraction of sp³-hybridized carbons (Fsp3) is 0.500. The van der Waals surface area contributed by atoms with Gasteiger partial charge >= 0.3 is 5.97 Å². The Morgan fingerprint density at radius 1 is 1.47 bits per heavy atom. The number of hydrogen-bond donors (Lipinski definition) is 2. The molecule has 1 rings (SSSR count). The number of hydrogen-bond acceptors (Lipinski definition) is 3. The zero-order valence-corrected chi connectivity index (χ0v) is 9.60. The number of carboxylic acids is 1. The molecule has 1 heterocycles. The quantitative estimate of drug-likeness (QED) is 0.710. The van der Waals surface area contributed by atoms with Crippen LogP contribution in [0.3, 0.4) is 0 Å². The molecule has 0 aromatic carbocycles. The Kier molecular flexibility index (Phi) is 5.56. The van der Waals surface area contributed by atoms with E-state index in [-0.39, 0.29) is 0 Å². The molecular formula is C12H17FN2O2. The van der Waals surface area contributed by atoms with E-state index < -0.39 is 17.7 Å². The van der Waals surface area contributed by atoms with Crippen molar-refractivity contribution in [2.45, 2.75) is 25.7 Å². The molecule has 0 bridgehead atoms. The largest absolute Gasteiger partial charge is 0.481 e. The van der Waals surface area contributed by atoms with E-state index in [1.165, 1.54) is 12.3 Å². The SMILES string of the molecule is NCCCCC(Cc1cncc(F)c1)C(=O)O. The maximum absolute atomic E-state index is 12.9. The molecule has 0 saturated carbocycles. The number of carboxylic acid groups (broad SMARTS) is 1. The minimum Gasteiger partial charge on any atom is -0.481 e. The smallest absolute Gasteiger partial charge is 0.306 e. The van der Waals surface area contributed by atoms with Crippen molar-refractivity contribution < 1.29 is 14.3 Å². The molecule has 17 heavy (non-hydrogen) atoms. The molecule has 0 spiro atoms. The van der Waals surface area contributed by atoms with Gasteiger partial charge in [0.2, 0.25) is 0 Å². The lowest BCUT2D eigenvalue weighted by Crippen LogP contribution is -2.17. The highest BCUT2D eigenvalue weighted by Gasteiger charge is 2.17. The van der Waals surface area contributed by atoms with Crippen LogP contribution in [0, 0.1) is 11.7 Å². The monoisotopic (exact) mass is 240 g/mol. The number of unbranched alkanes of at least 4 members (excludes halogenated alkanes) is 1. The van der Waals surface area contributed by atoms with Crippen LogP contribution in [0.2, 0.25) is 0 Å². The van der Waals surface area contributed by atoms with Gasteiger partial charge in [-0.1, -0.05) is 6.42 Å². The summed E-state index contributed by atoms with van der Waals surface area (Å²) < 4.78 is 12.9. The average molecular weight is 240 g/mol. The molecule has 1 unspecified atom stereocenters. The van der Waals surface area contributed by atoms with Crippen LogP contribution >= 0.6 is 0 Å². The third-order valence-electron chi connectivity index (χ3n) is 2.60. The number of nitrogens with zero attached hydrogens (tertiary/aromatic N) is 1. The van der Waals surface area contributed by atoms with Crippen LogP contribution < -0.4 is 5.73 Å². The highest BCUT2D eigenvalue weighted by molar-refractivity contribution is 5.70. The molecule has 0 aliphatic rings. The second kappa shape index (κ2) is 6.96. The third-order valence-corrected chi connectivity index (χ3v) is 2.60. The highest BCUT2D eigenvalue weighted by Crippen LogP contribution is 2.15. The van der Waals surface area contributed by atoms with Gasteiger partial charge in [-0.2, -0.15) is 0 Å². The summed E-state index contributed by atoms with van der Waals surface area (Å²) in [6.07, 6.45) is 5.06. The average Bonchev–Trinajstić information content (AvgIpc) is 2.28. The summed E-state index contributed by atoms with van der Waals surface area (Å²) >= 11 is 0. The molecule has 1 aromatic heterocycles. The molecule has 0 amide bonds. The van der Waals surface area contributed by atoms with E-state index in [2.05, 4.69) is 4.98 Å².